The average molecular weight is 543 g/mol. The van der Waals surface area contributed by atoms with Crippen LogP contribution in [0.3, 0.4) is 0 Å². The van der Waals surface area contributed by atoms with Gasteiger partial charge in [-0.05, 0) is 53.8 Å². The zero-order valence-electron chi connectivity index (χ0n) is 21.0. The minimum Gasteiger partial charge on any atom is -0.357 e. The summed E-state index contributed by atoms with van der Waals surface area (Å²) in [7, 11) is 1.56. The molecule has 192 valence electrons. The highest BCUT2D eigenvalue weighted by atomic mass is 35.5. The van der Waals surface area contributed by atoms with Gasteiger partial charge in [-0.25, -0.2) is 0 Å². The van der Waals surface area contributed by atoms with Crippen molar-refractivity contribution in [3.63, 3.8) is 0 Å². The number of carbonyl (C=O) groups is 3. The molecule has 1 aromatic heterocycles. The van der Waals surface area contributed by atoms with E-state index in [-0.39, 0.29) is 17.6 Å². The topological polar surface area (TPSA) is 66.5 Å². The maximum Gasteiger partial charge on any atom is 0.255 e. The molecule has 4 unspecified atom stereocenters. The number of benzene rings is 3. The fraction of sp³-hybridized carbons (Fsp3) is 0.194. The van der Waals surface area contributed by atoms with Crippen molar-refractivity contribution in [2.45, 2.75) is 24.9 Å². The van der Waals surface area contributed by atoms with Gasteiger partial charge in [-0.1, -0.05) is 77.8 Å². The molecule has 1 aliphatic rings. The second-order valence-electron chi connectivity index (χ2n) is 9.44. The highest BCUT2D eigenvalue weighted by molar-refractivity contribution is 7.12. The summed E-state index contributed by atoms with van der Waals surface area (Å²) in [6.07, 6.45) is 0. The standard InChI is InChI=1S/C31H27ClN2O3S/c1-19-10-12-22(13-11-19)31(37)34-27(21-7-4-3-5-8-21)26(29(35)24-9-6-18-38-24)25(28(34)30(36)33-2)20-14-16-23(32)17-15-20/h3-18,25-28H,1-2H3,(H,33,36). The van der Waals surface area contributed by atoms with Gasteiger partial charge in [0.15, 0.2) is 5.78 Å². The molecule has 0 saturated carbocycles. The number of nitrogens with one attached hydrogen (secondary N) is 1. The highest BCUT2D eigenvalue weighted by Crippen LogP contribution is 2.52. The summed E-state index contributed by atoms with van der Waals surface area (Å²) >= 11 is 7.58. The lowest BCUT2D eigenvalue weighted by molar-refractivity contribution is -0.125. The Morgan fingerprint density at radius 2 is 1.53 bits per heavy atom. The van der Waals surface area contributed by atoms with Crippen LogP contribution in [0.4, 0.5) is 0 Å². The van der Waals surface area contributed by atoms with Gasteiger partial charge in [0.1, 0.15) is 6.04 Å². The number of hydrogen-bond donors (Lipinski definition) is 1. The van der Waals surface area contributed by atoms with E-state index in [4.69, 9.17) is 11.6 Å². The zero-order chi connectivity index (χ0) is 26.8. The van der Waals surface area contributed by atoms with E-state index in [1.165, 1.54) is 11.3 Å². The molecule has 0 aliphatic carbocycles. The van der Waals surface area contributed by atoms with Gasteiger partial charge in [0.05, 0.1) is 16.8 Å². The van der Waals surface area contributed by atoms with Crippen LogP contribution in [0.2, 0.25) is 5.02 Å². The van der Waals surface area contributed by atoms with Crippen molar-refractivity contribution in [3.8, 4) is 0 Å². The van der Waals surface area contributed by atoms with Crippen LogP contribution in [0.15, 0.2) is 96.4 Å². The Morgan fingerprint density at radius 3 is 2.13 bits per heavy atom. The second kappa shape index (κ2) is 10.9. The van der Waals surface area contributed by atoms with E-state index < -0.39 is 23.9 Å². The molecule has 0 spiro atoms. The maximum atomic E-state index is 14.3. The molecule has 3 aromatic carbocycles. The van der Waals surface area contributed by atoms with Crippen LogP contribution in [0.25, 0.3) is 0 Å². The van der Waals surface area contributed by atoms with Crippen LogP contribution >= 0.6 is 22.9 Å². The Labute approximate surface area is 231 Å². The molecule has 1 aliphatic heterocycles. The Balaban J connectivity index is 1.77. The first-order valence-corrected chi connectivity index (χ1v) is 13.7. The summed E-state index contributed by atoms with van der Waals surface area (Å²) in [5, 5.41) is 5.18. The SMILES string of the molecule is CNC(=O)C1C(c2ccc(Cl)cc2)C(C(=O)c2cccs2)C(c2ccccc2)N1C(=O)c1ccc(C)cc1. The van der Waals surface area contributed by atoms with Crippen molar-refractivity contribution < 1.29 is 14.4 Å². The largest absolute Gasteiger partial charge is 0.357 e. The lowest BCUT2D eigenvalue weighted by Crippen LogP contribution is -2.47. The van der Waals surface area contributed by atoms with Crippen molar-refractivity contribution in [1.29, 1.82) is 0 Å². The van der Waals surface area contributed by atoms with E-state index in [9.17, 15) is 14.4 Å². The molecule has 4 aromatic rings. The molecular formula is C31H27ClN2O3S. The molecule has 7 heteroatoms. The molecule has 1 fully saturated rings. The third-order valence-corrected chi connectivity index (χ3v) is 8.31. The molecule has 5 rings (SSSR count). The number of nitrogens with zero attached hydrogens (tertiary/aromatic N) is 1. The number of carbonyl (C=O) groups excluding carboxylic acids is 3. The van der Waals surface area contributed by atoms with E-state index in [0.29, 0.717) is 15.5 Å². The molecule has 2 heterocycles. The van der Waals surface area contributed by atoms with Gasteiger partial charge in [0, 0.05) is 23.6 Å². The van der Waals surface area contributed by atoms with E-state index in [0.717, 1.165) is 16.7 Å². The number of ketones is 1. The summed E-state index contributed by atoms with van der Waals surface area (Å²) in [4.78, 5) is 44.4. The Hall–Kier alpha value is -3.74. The van der Waals surface area contributed by atoms with Gasteiger partial charge in [-0.2, -0.15) is 0 Å². The first-order valence-electron chi connectivity index (χ1n) is 12.4. The van der Waals surface area contributed by atoms with E-state index in [1.54, 1.807) is 42.3 Å². The third kappa shape index (κ3) is 4.77. The number of amides is 2. The molecule has 2 amide bonds. The van der Waals surface area contributed by atoms with Crippen LogP contribution in [-0.2, 0) is 4.79 Å². The lowest BCUT2D eigenvalue weighted by Gasteiger charge is -2.31. The van der Waals surface area contributed by atoms with Crippen molar-refractivity contribution >= 4 is 40.5 Å². The monoisotopic (exact) mass is 542 g/mol. The number of Topliss-reactive ketones (excluding diaryl/α,β-unsaturated/α-hetero) is 1. The number of hydrogen-bond acceptors (Lipinski definition) is 4. The first kappa shape index (κ1) is 25.9. The number of likely N-dealkylation sites (tertiary alicyclic amines) is 1. The normalized spacial score (nSPS) is 20.8. The number of likely N-dealkylation sites (N-methyl/N-ethyl adjacent to an activating group) is 1. The minimum atomic E-state index is -0.922. The van der Waals surface area contributed by atoms with Gasteiger partial charge < -0.3 is 10.2 Å². The summed E-state index contributed by atoms with van der Waals surface area (Å²) in [6, 6.07) is 26.1. The van der Waals surface area contributed by atoms with E-state index >= 15 is 0 Å². The van der Waals surface area contributed by atoms with Crippen LogP contribution in [0.5, 0.6) is 0 Å². The second-order valence-corrected chi connectivity index (χ2v) is 10.8. The lowest BCUT2D eigenvalue weighted by atomic mass is 9.77. The molecule has 38 heavy (non-hydrogen) atoms. The Morgan fingerprint density at radius 1 is 0.842 bits per heavy atom. The van der Waals surface area contributed by atoms with Gasteiger partial charge in [-0.15, -0.1) is 11.3 Å². The van der Waals surface area contributed by atoms with Gasteiger partial charge in [0.2, 0.25) is 5.91 Å². The van der Waals surface area contributed by atoms with Crippen molar-refractivity contribution in [3.05, 3.63) is 129 Å². The number of rotatable bonds is 6. The van der Waals surface area contributed by atoms with E-state index in [1.807, 2.05) is 73.0 Å². The predicted molar refractivity (Wildman–Crippen MR) is 151 cm³/mol. The molecule has 1 saturated heterocycles. The fourth-order valence-electron chi connectivity index (χ4n) is 5.43. The van der Waals surface area contributed by atoms with Crippen LogP contribution in [0, 0.1) is 12.8 Å². The van der Waals surface area contributed by atoms with Crippen molar-refractivity contribution in [2.75, 3.05) is 7.05 Å². The predicted octanol–water partition coefficient (Wildman–Crippen LogP) is 6.30. The number of thiophene rings is 1. The summed E-state index contributed by atoms with van der Waals surface area (Å²) in [5.41, 5.74) is 3.06. The quantitative estimate of drug-likeness (QED) is 0.291. The summed E-state index contributed by atoms with van der Waals surface area (Å²) in [6.45, 7) is 1.95. The average Bonchev–Trinajstić information content (AvgIpc) is 3.60. The Kier molecular flexibility index (Phi) is 7.45. The Bertz CT molecular complexity index is 1440. The van der Waals surface area contributed by atoms with Gasteiger partial charge in [-0.3, -0.25) is 14.4 Å². The summed E-state index contributed by atoms with van der Waals surface area (Å²) in [5.74, 6) is -2.02. The molecular weight excluding hydrogens is 516 g/mol. The molecule has 1 N–H and O–H groups in total. The zero-order valence-corrected chi connectivity index (χ0v) is 22.6. The third-order valence-electron chi connectivity index (χ3n) is 7.18. The van der Waals surface area contributed by atoms with Crippen molar-refractivity contribution in [1.82, 2.24) is 10.2 Å². The fourth-order valence-corrected chi connectivity index (χ4v) is 6.27. The molecule has 4 atom stereocenters. The van der Waals surface area contributed by atoms with Gasteiger partial charge >= 0.3 is 0 Å². The maximum absolute atomic E-state index is 14.3. The molecule has 5 nitrogen and oxygen atoms in total. The first-order chi connectivity index (χ1) is 18.4. The van der Waals surface area contributed by atoms with E-state index in [2.05, 4.69) is 5.32 Å². The van der Waals surface area contributed by atoms with Crippen molar-refractivity contribution in [2.24, 2.45) is 5.92 Å². The van der Waals surface area contributed by atoms with Crippen LogP contribution in [-0.4, -0.2) is 35.6 Å². The molecule has 0 bridgehead atoms. The smallest absolute Gasteiger partial charge is 0.255 e. The van der Waals surface area contributed by atoms with Crippen LogP contribution in [0.1, 0.15) is 48.7 Å². The number of halogens is 1. The highest BCUT2D eigenvalue weighted by Gasteiger charge is 2.57. The van der Waals surface area contributed by atoms with Gasteiger partial charge in [0.25, 0.3) is 5.91 Å². The number of aryl methyl sites for hydroxylation is 1. The van der Waals surface area contributed by atoms with Crippen LogP contribution < -0.4 is 5.32 Å². The summed E-state index contributed by atoms with van der Waals surface area (Å²) < 4.78 is 0. The molecule has 0 radical (unpaired) electrons. The minimum absolute atomic E-state index is 0.0955.